The Kier molecular flexibility index (Phi) is 7.96. The number of thiazole rings is 1. The molecule has 3 rings (SSSR count). The van der Waals surface area contributed by atoms with Gasteiger partial charge in [-0.15, -0.1) is 11.3 Å². The van der Waals surface area contributed by atoms with Crippen molar-refractivity contribution in [1.29, 1.82) is 0 Å². The van der Waals surface area contributed by atoms with Crippen LogP contribution < -0.4 is 5.32 Å². The normalized spacial score (nSPS) is 11.3. The van der Waals surface area contributed by atoms with Crippen LogP contribution in [-0.4, -0.2) is 22.3 Å². The van der Waals surface area contributed by atoms with Crippen molar-refractivity contribution in [1.82, 2.24) is 15.2 Å². The molecule has 1 heterocycles. The Morgan fingerprint density at radius 2 is 1.87 bits per heavy atom. The van der Waals surface area contributed by atoms with Crippen molar-refractivity contribution in [2.45, 2.75) is 33.5 Å². The second kappa shape index (κ2) is 10.7. The zero-order chi connectivity index (χ0) is 21.5. The first-order valence-electron chi connectivity index (χ1n) is 9.83. The van der Waals surface area contributed by atoms with E-state index in [0.717, 1.165) is 16.1 Å². The van der Waals surface area contributed by atoms with Crippen LogP contribution in [0.5, 0.6) is 0 Å². The highest BCUT2D eigenvalue weighted by atomic mass is 35.5. The van der Waals surface area contributed by atoms with E-state index >= 15 is 0 Å². The summed E-state index contributed by atoms with van der Waals surface area (Å²) in [6, 6.07) is 14.2. The number of rotatable bonds is 9. The molecule has 0 fully saturated rings. The number of carbonyl (C=O) groups excluding carboxylic acids is 1. The molecule has 0 spiro atoms. The zero-order valence-electron chi connectivity index (χ0n) is 17.1. The van der Waals surface area contributed by atoms with Gasteiger partial charge in [-0.25, -0.2) is 9.37 Å². The van der Waals surface area contributed by atoms with Crippen molar-refractivity contribution >= 4 is 28.8 Å². The van der Waals surface area contributed by atoms with Crippen LogP contribution in [-0.2, 0) is 19.6 Å². The topological polar surface area (TPSA) is 45.2 Å². The molecule has 0 saturated carbocycles. The van der Waals surface area contributed by atoms with Crippen molar-refractivity contribution < 1.29 is 9.18 Å². The number of halogens is 2. The quantitative estimate of drug-likeness (QED) is 0.471. The molecule has 0 saturated heterocycles. The minimum Gasteiger partial charge on any atom is -0.350 e. The van der Waals surface area contributed by atoms with Crippen LogP contribution in [0.3, 0.4) is 0 Å². The molecule has 0 unspecified atom stereocenters. The lowest BCUT2D eigenvalue weighted by atomic mass is 10.1. The van der Waals surface area contributed by atoms with Gasteiger partial charge in [0.15, 0.2) is 0 Å². The maximum Gasteiger partial charge on any atom is 0.270 e. The van der Waals surface area contributed by atoms with Gasteiger partial charge in [0.1, 0.15) is 16.5 Å². The maximum atomic E-state index is 13.3. The highest BCUT2D eigenvalue weighted by Crippen LogP contribution is 2.19. The number of nitrogens with one attached hydrogen (secondary N) is 1. The van der Waals surface area contributed by atoms with Gasteiger partial charge >= 0.3 is 0 Å². The third kappa shape index (κ3) is 6.90. The molecule has 0 aliphatic carbocycles. The molecule has 7 heteroatoms. The van der Waals surface area contributed by atoms with E-state index in [1.165, 1.54) is 23.5 Å². The minimum atomic E-state index is -0.253. The van der Waals surface area contributed by atoms with E-state index < -0.39 is 0 Å². The van der Waals surface area contributed by atoms with Crippen molar-refractivity contribution in [3.05, 3.63) is 86.6 Å². The van der Waals surface area contributed by atoms with Crippen LogP contribution in [0.4, 0.5) is 4.39 Å². The molecule has 3 aromatic rings. The van der Waals surface area contributed by atoms with Crippen LogP contribution in [0.25, 0.3) is 0 Å². The first-order valence-corrected chi connectivity index (χ1v) is 11.1. The fraction of sp³-hybridized carbons (Fsp3) is 0.304. The van der Waals surface area contributed by atoms with E-state index in [0.29, 0.717) is 42.8 Å². The largest absolute Gasteiger partial charge is 0.350 e. The molecule has 1 N–H and O–H groups in total. The summed E-state index contributed by atoms with van der Waals surface area (Å²) in [4.78, 5) is 19.0. The van der Waals surface area contributed by atoms with Crippen LogP contribution in [0.2, 0.25) is 5.02 Å². The summed E-state index contributed by atoms with van der Waals surface area (Å²) < 4.78 is 13.3. The predicted octanol–water partition coefficient (Wildman–Crippen LogP) is 5.52. The summed E-state index contributed by atoms with van der Waals surface area (Å²) in [5, 5.41) is 6.23. The number of carbonyl (C=O) groups is 1. The molecule has 30 heavy (non-hydrogen) atoms. The molecule has 0 radical (unpaired) electrons. The summed E-state index contributed by atoms with van der Waals surface area (Å²) in [5.74, 6) is -0.0146. The third-order valence-corrected chi connectivity index (χ3v) is 5.50. The highest BCUT2D eigenvalue weighted by Gasteiger charge is 2.15. The van der Waals surface area contributed by atoms with Gasteiger partial charge in [0, 0.05) is 30.0 Å². The Bertz CT molecular complexity index is 975. The Labute approximate surface area is 185 Å². The molecular weight excluding hydrogens is 421 g/mol. The second-order valence-corrected chi connectivity index (χ2v) is 9.01. The van der Waals surface area contributed by atoms with Gasteiger partial charge in [0.05, 0.1) is 6.54 Å². The van der Waals surface area contributed by atoms with E-state index in [-0.39, 0.29) is 11.7 Å². The highest BCUT2D eigenvalue weighted by molar-refractivity contribution is 7.09. The number of hydrogen-bond acceptors (Lipinski definition) is 4. The number of benzene rings is 2. The van der Waals surface area contributed by atoms with Crippen molar-refractivity contribution in [3.63, 3.8) is 0 Å². The van der Waals surface area contributed by atoms with Gasteiger partial charge < -0.3 is 5.32 Å². The molecule has 0 atom stereocenters. The number of hydrogen-bond donors (Lipinski definition) is 1. The molecule has 0 aliphatic rings. The minimum absolute atomic E-state index is 0.147. The average molecular weight is 446 g/mol. The van der Waals surface area contributed by atoms with Crippen LogP contribution in [0.1, 0.15) is 40.5 Å². The van der Waals surface area contributed by atoms with E-state index in [9.17, 15) is 9.18 Å². The van der Waals surface area contributed by atoms with Crippen LogP contribution in [0.15, 0.2) is 53.9 Å². The van der Waals surface area contributed by atoms with Crippen LogP contribution in [0, 0.1) is 11.7 Å². The van der Waals surface area contributed by atoms with E-state index in [4.69, 9.17) is 11.6 Å². The average Bonchev–Trinajstić information content (AvgIpc) is 3.16. The summed E-state index contributed by atoms with van der Waals surface area (Å²) in [7, 11) is 0. The molecule has 0 bridgehead atoms. The zero-order valence-corrected chi connectivity index (χ0v) is 18.6. The van der Waals surface area contributed by atoms with Gasteiger partial charge in [0.25, 0.3) is 5.91 Å². The lowest BCUT2D eigenvalue weighted by Gasteiger charge is -2.21. The fourth-order valence-corrected chi connectivity index (χ4v) is 4.00. The fourth-order valence-electron chi connectivity index (χ4n) is 2.98. The molecule has 1 aromatic heterocycles. The molecule has 158 valence electrons. The lowest BCUT2D eigenvalue weighted by molar-refractivity contribution is 0.0944. The molecule has 1 amide bonds. The van der Waals surface area contributed by atoms with E-state index in [2.05, 4.69) is 29.0 Å². The van der Waals surface area contributed by atoms with Gasteiger partial charge in [0.2, 0.25) is 0 Å². The SMILES string of the molecule is CC(C)CNC(=O)c1csc(CN(Cc2ccc(F)cc2)Cc2cccc(Cl)c2)n1. The monoisotopic (exact) mass is 445 g/mol. The lowest BCUT2D eigenvalue weighted by Crippen LogP contribution is -2.27. The van der Waals surface area contributed by atoms with Crippen molar-refractivity contribution in [2.75, 3.05) is 6.54 Å². The number of aromatic nitrogens is 1. The Morgan fingerprint density at radius 3 is 2.57 bits per heavy atom. The molecule has 2 aromatic carbocycles. The van der Waals surface area contributed by atoms with Gasteiger partial charge in [-0.2, -0.15) is 0 Å². The first kappa shape index (κ1) is 22.4. The van der Waals surface area contributed by atoms with Gasteiger partial charge in [-0.05, 0) is 41.3 Å². The smallest absolute Gasteiger partial charge is 0.270 e. The summed E-state index contributed by atoms with van der Waals surface area (Å²) >= 11 is 7.61. The first-order chi connectivity index (χ1) is 14.4. The van der Waals surface area contributed by atoms with Gasteiger partial charge in [-0.3, -0.25) is 9.69 Å². The maximum absolute atomic E-state index is 13.3. The Balaban J connectivity index is 1.73. The van der Waals surface area contributed by atoms with Crippen molar-refractivity contribution in [3.8, 4) is 0 Å². The van der Waals surface area contributed by atoms with Crippen LogP contribution >= 0.6 is 22.9 Å². The number of nitrogens with zero attached hydrogens (tertiary/aromatic N) is 2. The van der Waals surface area contributed by atoms with E-state index in [1.807, 2.05) is 24.3 Å². The standard InChI is InChI=1S/C23H25ClFN3OS/c1-16(2)11-26-23(29)21-15-30-22(27-21)14-28(12-17-6-8-20(25)9-7-17)13-18-4-3-5-19(24)10-18/h3-10,15-16H,11-14H2,1-2H3,(H,26,29). The molecular formula is C23H25ClFN3OS. The molecule has 4 nitrogen and oxygen atoms in total. The Hall–Kier alpha value is -2.28. The second-order valence-electron chi connectivity index (χ2n) is 7.63. The van der Waals surface area contributed by atoms with Gasteiger partial charge in [-0.1, -0.05) is 49.7 Å². The summed E-state index contributed by atoms with van der Waals surface area (Å²) in [6.07, 6.45) is 0. The van der Waals surface area contributed by atoms with E-state index in [1.54, 1.807) is 17.5 Å². The number of amides is 1. The van der Waals surface area contributed by atoms with Crippen molar-refractivity contribution in [2.24, 2.45) is 5.92 Å². The summed E-state index contributed by atoms with van der Waals surface area (Å²) in [6.45, 7) is 6.59. The third-order valence-electron chi connectivity index (χ3n) is 4.43. The summed E-state index contributed by atoms with van der Waals surface area (Å²) in [5.41, 5.74) is 2.53. The Morgan fingerprint density at radius 1 is 1.13 bits per heavy atom. The molecule has 0 aliphatic heterocycles. The predicted molar refractivity (Wildman–Crippen MR) is 120 cm³/mol.